The topological polar surface area (TPSA) is 0 Å². The van der Waals surface area contributed by atoms with E-state index in [1.165, 1.54) is 12.8 Å². The lowest BCUT2D eigenvalue weighted by Gasteiger charge is -1.79. The van der Waals surface area contributed by atoms with E-state index in [0.717, 1.165) is 4.43 Å². The number of allylic oxidation sites excluding steroid dienone is 2. The average Bonchev–Trinajstić information content (AvgIpc) is 1.69. The van der Waals surface area contributed by atoms with E-state index in [2.05, 4.69) is 41.7 Å². The monoisotopic (exact) mass is 210 g/mol. The van der Waals surface area contributed by atoms with Crippen molar-refractivity contribution in [1.82, 2.24) is 0 Å². The molecule has 0 rings (SSSR count). The van der Waals surface area contributed by atoms with Crippen molar-refractivity contribution in [3.05, 3.63) is 12.2 Å². The van der Waals surface area contributed by atoms with Crippen LogP contribution in [0.1, 0.15) is 19.8 Å². The smallest absolute Gasteiger partial charge is 0.0175 e. The first-order valence-corrected chi connectivity index (χ1v) is 4.15. The molecule has 0 nitrogen and oxygen atoms in total. The summed E-state index contributed by atoms with van der Waals surface area (Å²) in [7, 11) is 0. The van der Waals surface area contributed by atoms with E-state index in [4.69, 9.17) is 0 Å². The second-order valence-electron chi connectivity index (χ2n) is 1.41. The summed E-state index contributed by atoms with van der Waals surface area (Å²) in [6.07, 6.45) is 6.94. The summed E-state index contributed by atoms with van der Waals surface area (Å²) < 4.78 is 1.15. The van der Waals surface area contributed by atoms with Gasteiger partial charge in [-0.2, -0.15) is 0 Å². The van der Waals surface area contributed by atoms with Crippen molar-refractivity contribution >= 4 is 22.6 Å². The van der Waals surface area contributed by atoms with Gasteiger partial charge in [0, 0.05) is 4.43 Å². The fourth-order valence-electron chi connectivity index (χ4n) is 0.348. The van der Waals surface area contributed by atoms with Crippen LogP contribution in [-0.2, 0) is 0 Å². The molecular formula is C6H11I. The van der Waals surface area contributed by atoms with Crippen LogP contribution in [-0.4, -0.2) is 4.43 Å². The van der Waals surface area contributed by atoms with Gasteiger partial charge in [-0.25, -0.2) is 0 Å². The van der Waals surface area contributed by atoms with Crippen molar-refractivity contribution in [2.24, 2.45) is 0 Å². The number of hydrogen-bond acceptors (Lipinski definition) is 0. The SMILES string of the molecule is CCCC=CCI. The third-order valence-electron chi connectivity index (χ3n) is 0.711. The van der Waals surface area contributed by atoms with Gasteiger partial charge >= 0.3 is 0 Å². The largest absolute Gasteiger partial charge is 0.0878 e. The van der Waals surface area contributed by atoms with Crippen LogP contribution < -0.4 is 0 Å². The minimum absolute atomic E-state index is 1.15. The minimum Gasteiger partial charge on any atom is -0.0878 e. The fourth-order valence-corrected chi connectivity index (χ4v) is 0.707. The van der Waals surface area contributed by atoms with Gasteiger partial charge in [-0.3, -0.25) is 0 Å². The molecule has 0 atom stereocenters. The average molecular weight is 210 g/mol. The Morgan fingerprint density at radius 3 is 2.57 bits per heavy atom. The van der Waals surface area contributed by atoms with E-state index >= 15 is 0 Å². The van der Waals surface area contributed by atoms with Crippen molar-refractivity contribution in [3.8, 4) is 0 Å². The first-order valence-electron chi connectivity index (χ1n) is 2.62. The standard InChI is InChI=1S/C6H11I/c1-2-3-4-5-6-7/h4-5H,2-3,6H2,1H3. The molecular weight excluding hydrogens is 199 g/mol. The molecule has 0 spiro atoms. The second-order valence-corrected chi connectivity index (χ2v) is 2.30. The first kappa shape index (κ1) is 7.47. The Morgan fingerprint density at radius 2 is 2.14 bits per heavy atom. The summed E-state index contributed by atoms with van der Waals surface area (Å²) >= 11 is 2.34. The third-order valence-corrected chi connectivity index (χ3v) is 1.22. The molecule has 0 aliphatic heterocycles. The molecule has 0 aromatic heterocycles. The zero-order valence-corrected chi connectivity index (χ0v) is 6.81. The Hall–Kier alpha value is 0.470. The summed E-state index contributed by atoms with van der Waals surface area (Å²) in [5.41, 5.74) is 0. The predicted molar refractivity (Wildman–Crippen MR) is 42.9 cm³/mol. The zero-order valence-electron chi connectivity index (χ0n) is 4.65. The van der Waals surface area contributed by atoms with Gasteiger partial charge in [0.25, 0.3) is 0 Å². The molecule has 0 heterocycles. The maximum absolute atomic E-state index is 2.34. The summed E-state index contributed by atoms with van der Waals surface area (Å²) in [5, 5.41) is 0. The van der Waals surface area contributed by atoms with Crippen LogP contribution >= 0.6 is 22.6 Å². The Balaban J connectivity index is 2.78. The highest BCUT2D eigenvalue weighted by molar-refractivity contribution is 14.1. The molecule has 0 saturated carbocycles. The van der Waals surface area contributed by atoms with Gasteiger partial charge < -0.3 is 0 Å². The first-order chi connectivity index (χ1) is 3.41. The molecule has 0 unspecified atom stereocenters. The van der Waals surface area contributed by atoms with Gasteiger partial charge in [-0.05, 0) is 6.42 Å². The lowest BCUT2D eigenvalue weighted by molar-refractivity contribution is 0.958. The molecule has 0 radical (unpaired) electrons. The Kier molecular flexibility index (Phi) is 6.90. The molecule has 42 valence electrons. The number of alkyl halides is 1. The summed E-state index contributed by atoms with van der Waals surface area (Å²) in [4.78, 5) is 0. The van der Waals surface area contributed by atoms with Crippen molar-refractivity contribution in [1.29, 1.82) is 0 Å². The van der Waals surface area contributed by atoms with Crippen molar-refractivity contribution in [2.75, 3.05) is 4.43 Å². The number of rotatable bonds is 3. The summed E-state index contributed by atoms with van der Waals surface area (Å²) in [6.45, 7) is 2.19. The van der Waals surface area contributed by atoms with Gasteiger partial charge in [-0.15, -0.1) is 0 Å². The fraction of sp³-hybridized carbons (Fsp3) is 0.667. The van der Waals surface area contributed by atoms with Crippen molar-refractivity contribution < 1.29 is 0 Å². The minimum atomic E-state index is 1.15. The normalized spacial score (nSPS) is 10.6. The zero-order chi connectivity index (χ0) is 5.54. The number of unbranched alkanes of at least 4 members (excludes halogenated alkanes) is 1. The van der Waals surface area contributed by atoms with Crippen LogP contribution in [0.4, 0.5) is 0 Å². The molecule has 7 heavy (non-hydrogen) atoms. The lowest BCUT2D eigenvalue weighted by Crippen LogP contribution is -1.61. The van der Waals surface area contributed by atoms with Crippen LogP contribution in [0.5, 0.6) is 0 Å². The van der Waals surface area contributed by atoms with E-state index in [-0.39, 0.29) is 0 Å². The quantitative estimate of drug-likeness (QED) is 0.381. The Bertz CT molecular complexity index is 48.1. The van der Waals surface area contributed by atoms with E-state index < -0.39 is 0 Å². The van der Waals surface area contributed by atoms with Crippen LogP contribution in [0.25, 0.3) is 0 Å². The van der Waals surface area contributed by atoms with Gasteiger partial charge in [0.2, 0.25) is 0 Å². The Labute approximate surface area is 59.1 Å². The van der Waals surface area contributed by atoms with E-state index in [1.807, 2.05) is 0 Å². The van der Waals surface area contributed by atoms with Crippen LogP contribution in [0, 0.1) is 0 Å². The maximum atomic E-state index is 2.34. The van der Waals surface area contributed by atoms with Crippen molar-refractivity contribution in [2.45, 2.75) is 19.8 Å². The maximum Gasteiger partial charge on any atom is 0.0175 e. The molecule has 0 aliphatic carbocycles. The lowest BCUT2D eigenvalue weighted by atomic mass is 10.3. The number of hydrogen-bond donors (Lipinski definition) is 0. The Morgan fingerprint density at radius 1 is 1.43 bits per heavy atom. The second kappa shape index (κ2) is 6.47. The highest BCUT2D eigenvalue weighted by Crippen LogP contribution is 1.89. The van der Waals surface area contributed by atoms with Crippen LogP contribution in [0.2, 0.25) is 0 Å². The highest BCUT2D eigenvalue weighted by Gasteiger charge is 1.68. The van der Waals surface area contributed by atoms with Gasteiger partial charge in [0.05, 0.1) is 0 Å². The summed E-state index contributed by atoms with van der Waals surface area (Å²) in [5.74, 6) is 0. The van der Waals surface area contributed by atoms with Gasteiger partial charge in [-0.1, -0.05) is 48.1 Å². The van der Waals surface area contributed by atoms with Crippen molar-refractivity contribution in [3.63, 3.8) is 0 Å². The van der Waals surface area contributed by atoms with Gasteiger partial charge in [0.1, 0.15) is 0 Å². The molecule has 0 saturated heterocycles. The summed E-state index contributed by atoms with van der Waals surface area (Å²) in [6, 6.07) is 0. The van der Waals surface area contributed by atoms with Crippen LogP contribution in [0.3, 0.4) is 0 Å². The molecule has 0 fully saturated rings. The van der Waals surface area contributed by atoms with E-state index in [9.17, 15) is 0 Å². The van der Waals surface area contributed by atoms with E-state index in [0.29, 0.717) is 0 Å². The molecule has 1 heteroatoms. The van der Waals surface area contributed by atoms with Crippen LogP contribution in [0.15, 0.2) is 12.2 Å². The molecule has 0 N–H and O–H groups in total. The van der Waals surface area contributed by atoms with E-state index in [1.54, 1.807) is 0 Å². The molecule has 0 aliphatic rings. The molecule has 0 amide bonds. The van der Waals surface area contributed by atoms with Gasteiger partial charge in [0.15, 0.2) is 0 Å². The predicted octanol–water partition coefficient (Wildman–Crippen LogP) is 2.78. The number of halogens is 1. The molecule has 0 bridgehead atoms. The molecule has 0 aromatic carbocycles. The third kappa shape index (κ3) is 6.47. The highest BCUT2D eigenvalue weighted by atomic mass is 127. The molecule has 0 aromatic rings.